The van der Waals surface area contributed by atoms with Crippen LogP contribution in [0.3, 0.4) is 0 Å². The van der Waals surface area contributed by atoms with Crippen LogP contribution in [0, 0.1) is 0 Å². The Hall–Kier alpha value is -0.650. The number of carbonyl (C=O) groups excluding carboxylic acids is 1. The van der Waals surface area contributed by atoms with Gasteiger partial charge in [-0.25, -0.2) is 0 Å². The van der Waals surface area contributed by atoms with E-state index in [-0.39, 0.29) is 11.9 Å². The summed E-state index contributed by atoms with van der Waals surface area (Å²) in [5, 5.41) is 3.14. The third-order valence-electron chi connectivity index (χ3n) is 3.53. The highest BCUT2D eigenvalue weighted by Crippen LogP contribution is 2.04. The fourth-order valence-corrected chi connectivity index (χ4v) is 2.46. The van der Waals surface area contributed by atoms with Crippen LogP contribution in [0.2, 0.25) is 0 Å². The molecule has 0 aromatic rings. The van der Waals surface area contributed by atoms with Crippen LogP contribution in [-0.2, 0) is 4.79 Å². The number of nitrogens with one attached hydrogen (secondary N) is 1. The molecule has 1 atom stereocenters. The van der Waals surface area contributed by atoms with Crippen molar-refractivity contribution in [2.75, 3.05) is 45.8 Å². The van der Waals surface area contributed by atoms with Gasteiger partial charge in [-0.3, -0.25) is 4.79 Å². The first-order chi connectivity index (χ1) is 8.67. The summed E-state index contributed by atoms with van der Waals surface area (Å²) >= 11 is 0. The van der Waals surface area contributed by atoms with Gasteiger partial charge < -0.3 is 20.9 Å². The average Bonchev–Trinajstić information content (AvgIpc) is 2.36. The molecule has 106 valence electrons. The van der Waals surface area contributed by atoms with Crippen molar-refractivity contribution in [3.63, 3.8) is 0 Å². The van der Waals surface area contributed by atoms with Crippen molar-refractivity contribution in [3.05, 3.63) is 0 Å². The van der Waals surface area contributed by atoms with Gasteiger partial charge in [0.2, 0.25) is 5.91 Å². The number of hydrogen-bond acceptors (Lipinski definition) is 4. The molecule has 0 aromatic heterocycles. The quantitative estimate of drug-likeness (QED) is 0.635. The molecule has 1 unspecified atom stereocenters. The van der Waals surface area contributed by atoms with Gasteiger partial charge in [0.1, 0.15) is 0 Å². The molecule has 0 radical (unpaired) electrons. The summed E-state index contributed by atoms with van der Waals surface area (Å²) in [6.07, 6.45) is 2.04. The second-order valence-corrected chi connectivity index (χ2v) is 4.98. The molecule has 0 aromatic carbocycles. The zero-order valence-corrected chi connectivity index (χ0v) is 11.8. The molecule has 5 heteroatoms. The standard InChI is InChI=1S/C13H28N4O/c1-3-6-16-8-10-17(11-9-16)7-5-12(13(14)18)15-4-2/h12,15H,3-11H2,1-2H3,(H2,14,18). The third kappa shape index (κ3) is 5.33. The van der Waals surface area contributed by atoms with E-state index in [1.54, 1.807) is 0 Å². The third-order valence-corrected chi connectivity index (χ3v) is 3.53. The number of amides is 1. The van der Waals surface area contributed by atoms with Crippen LogP contribution < -0.4 is 11.1 Å². The van der Waals surface area contributed by atoms with E-state index in [0.717, 1.165) is 45.7 Å². The first-order valence-corrected chi connectivity index (χ1v) is 7.14. The van der Waals surface area contributed by atoms with E-state index in [0.29, 0.717) is 0 Å². The van der Waals surface area contributed by atoms with Gasteiger partial charge in [-0.2, -0.15) is 0 Å². The molecule has 1 saturated heterocycles. The molecule has 1 aliphatic rings. The van der Waals surface area contributed by atoms with Crippen molar-refractivity contribution in [3.8, 4) is 0 Å². The molecule has 0 bridgehead atoms. The largest absolute Gasteiger partial charge is 0.368 e. The van der Waals surface area contributed by atoms with Gasteiger partial charge in [0.15, 0.2) is 0 Å². The number of primary amides is 1. The fraction of sp³-hybridized carbons (Fsp3) is 0.923. The molecule has 1 fully saturated rings. The molecule has 18 heavy (non-hydrogen) atoms. The van der Waals surface area contributed by atoms with E-state index >= 15 is 0 Å². The van der Waals surface area contributed by atoms with E-state index < -0.39 is 0 Å². The summed E-state index contributed by atoms with van der Waals surface area (Å²) in [6, 6.07) is -0.177. The summed E-state index contributed by atoms with van der Waals surface area (Å²) in [5.74, 6) is -0.235. The van der Waals surface area contributed by atoms with Crippen molar-refractivity contribution < 1.29 is 4.79 Å². The lowest BCUT2D eigenvalue weighted by Crippen LogP contribution is -2.49. The number of nitrogens with zero attached hydrogens (tertiary/aromatic N) is 2. The lowest BCUT2D eigenvalue weighted by atomic mass is 10.1. The first kappa shape index (κ1) is 15.4. The number of carbonyl (C=O) groups is 1. The summed E-state index contributed by atoms with van der Waals surface area (Å²) < 4.78 is 0. The molecule has 5 nitrogen and oxygen atoms in total. The summed E-state index contributed by atoms with van der Waals surface area (Å²) in [7, 11) is 0. The molecule has 1 heterocycles. The Morgan fingerprint density at radius 1 is 1.17 bits per heavy atom. The predicted octanol–water partition coefficient (Wildman–Crippen LogP) is -0.132. The Labute approximate surface area is 111 Å². The average molecular weight is 256 g/mol. The Bertz CT molecular complexity index is 239. The Morgan fingerprint density at radius 2 is 1.72 bits per heavy atom. The second kappa shape index (κ2) is 8.45. The lowest BCUT2D eigenvalue weighted by Gasteiger charge is -2.35. The van der Waals surface area contributed by atoms with Gasteiger partial charge >= 0.3 is 0 Å². The van der Waals surface area contributed by atoms with Crippen LogP contribution in [-0.4, -0.2) is 67.6 Å². The van der Waals surface area contributed by atoms with Crippen molar-refractivity contribution in [2.24, 2.45) is 5.73 Å². The van der Waals surface area contributed by atoms with Gasteiger partial charge in [-0.05, 0) is 25.9 Å². The van der Waals surface area contributed by atoms with Gasteiger partial charge in [-0.15, -0.1) is 0 Å². The van der Waals surface area contributed by atoms with Crippen LogP contribution in [0.4, 0.5) is 0 Å². The van der Waals surface area contributed by atoms with Gasteiger partial charge in [-0.1, -0.05) is 13.8 Å². The molecule has 1 amide bonds. The van der Waals surface area contributed by atoms with E-state index in [1.165, 1.54) is 13.0 Å². The summed E-state index contributed by atoms with van der Waals surface area (Å²) in [5.41, 5.74) is 5.37. The Kier molecular flexibility index (Phi) is 7.23. The molecular weight excluding hydrogens is 228 g/mol. The number of rotatable bonds is 8. The van der Waals surface area contributed by atoms with E-state index in [2.05, 4.69) is 22.0 Å². The molecule has 1 rings (SSSR count). The maximum atomic E-state index is 11.2. The highest BCUT2D eigenvalue weighted by atomic mass is 16.1. The maximum absolute atomic E-state index is 11.2. The highest BCUT2D eigenvalue weighted by Gasteiger charge is 2.19. The number of piperazine rings is 1. The normalized spacial score (nSPS) is 19.9. The minimum Gasteiger partial charge on any atom is -0.368 e. The van der Waals surface area contributed by atoms with Gasteiger partial charge in [0.25, 0.3) is 0 Å². The SMILES string of the molecule is CCCN1CCN(CCC(NCC)C(N)=O)CC1. The van der Waals surface area contributed by atoms with Crippen molar-refractivity contribution in [1.29, 1.82) is 0 Å². The summed E-state index contributed by atoms with van der Waals surface area (Å²) in [4.78, 5) is 16.2. The molecular formula is C13H28N4O. The molecule has 1 aliphatic heterocycles. The number of nitrogens with two attached hydrogens (primary N) is 1. The van der Waals surface area contributed by atoms with Gasteiger partial charge in [0, 0.05) is 32.7 Å². The van der Waals surface area contributed by atoms with E-state index in [1.807, 2.05) is 6.92 Å². The van der Waals surface area contributed by atoms with Gasteiger partial charge in [0.05, 0.1) is 6.04 Å². The highest BCUT2D eigenvalue weighted by molar-refractivity contribution is 5.79. The minimum atomic E-state index is -0.235. The monoisotopic (exact) mass is 256 g/mol. The smallest absolute Gasteiger partial charge is 0.234 e. The maximum Gasteiger partial charge on any atom is 0.234 e. The van der Waals surface area contributed by atoms with E-state index in [4.69, 9.17) is 5.73 Å². The zero-order chi connectivity index (χ0) is 13.4. The number of hydrogen-bond donors (Lipinski definition) is 2. The van der Waals surface area contributed by atoms with Crippen LogP contribution in [0.5, 0.6) is 0 Å². The van der Waals surface area contributed by atoms with Crippen LogP contribution >= 0.6 is 0 Å². The lowest BCUT2D eigenvalue weighted by molar-refractivity contribution is -0.120. The fourth-order valence-electron chi connectivity index (χ4n) is 2.46. The molecule has 0 aliphatic carbocycles. The Morgan fingerprint density at radius 3 is 2.17 bits per heavy atom. The topological polar surface area (TPSA) is 61.6 Å². The molecule has 0 saturated carbocycles. The second-order valence-electron chi connectivity index (χ2n) is 4.98. The molecule has 3 N–H and O–H groups in total. The zero-order valence-electron chi connectivity index (χ0n) is 11.8. The Balaban J connectivity index is 2.21. The van der Waals surface area contributed by atoms with Crippen molar-refractivity contribution in [1.82, 2.24) is 15.1 Å². The number of likely N-dealkylation sites (N-methyl/N-ethyl adjacent to an activating group) is 1. The first-order valence-electron chi connectivity index (χ1n) is 7.14. The van der Waals surface area contributed by atoms with Crippen molar-refractivity contribution in [2.45, 2.75) is 32.7 Å². The summed E-state index contributed by atoms with van der Waals surface area (Å²) in [6.45, 7) is 11.7. The predicted molar refractivity (Wildman–Crippen MR) is 74.4 cm³/mol. The van der Waals surface area contributed by atoms with E-state index in [9.17, 15) is 4.79 Å². The van der Waals surface area contributed by atoms with Crippen LogP contribution in [0.15, 0.2) is 0 Å². The molecule has 0 spiro atoms. The van der Waals surface area contributed by atoms with Crippen LogP contribution in [0.1, 0.15) is 26.7 Å². The van der Waals surface area contributed by atoms with Crippen LogP contribution in [0.25, 0.3) is 0 Å². The van der Waals surface area contributed by atoms with Crippen molar-refractivity contribution >= 4 is 5.91 Å². The minimum absolute atomic E-state index is 0.177.